The molecular weight excluding hydrogens is 404 g/mol. The van der Waals surface area contributed by atoms with Gasteiger partial charge in [0.05, 0.1) is 12.2 Å². The lowest BCUT2D eigenvalue weighted by Crippen LogP contribution is -2.04. The Morgan fingerprint density at radius 1 is 0.963 bits per heavy atom. The van der Waals surface area contributed by atoms with E-state index in [1.54, 1.807) is 19.1 Å². The maximum Gasteiger partial charge on any atom is 0.338 e. The Morgan fingerprint density at radius 2 is 1.70 bits per heavy atom. The number of halogens is 1. The lowest BCUT2D eigenvalue weighted by Gasteiger charge is -2.06. The van der Waals surface area contributed by atoms with Gasteiger partial charge in [-0.1, -0.05) is 58.4 Å². The Labute approximate surface area is 165 Å². The van der Waals surface area contributed by atoms with Gasteiger partial charge in [0.25, 0.3) is 0 Å². The molecule has 1 aromatic heterocycles. The summed E-state index contributed by atoms with van der Waals surface area (Å²) >= 11 is 3.55. The molecule has 0 fully saturated rings. The van der Waals surface area contributed by atoms with E-state index in [0.29, 0.717) is 12.2 Å². The van der Waals surface area contributed by atoms with Crippen LogP contribution in [0.4, 0.5) is 0 Å². The van der Waals surface area contributed by atoms with Crippen molar-refractivity contribution in [3.63, 3.8) is 0 Å². The predicted octanol–water partition coefficient (Wildman–Crippen LogP) is 6.71. The summed E-state index contributed by atoms with van der Waals surface area (Å²) in [7, 11) is 0. The first-order chi connectivity index (χ1) is 13.2. The number of ether oxygens (including phenoxy) is 1. The number of carbonyl (C=O) groups excluding carboxylic acids is 1. The van der Waals surface area contributed by atoms with Gasteiger partial charge < -0.3 is 9.15 Å². The number of carbonyl (C=O) groups is 1. The van der Waals surface area contributed by atoms with Gasteiger partial charge in [0, 0.05) is 21.0 Å². The summed E-state index contributed by atoms with van der Waals surface area (Å²) in [6.45, 7) is 2.16. The molecular formula is C23H17BrO3. The van der Waals surface area contributed by atoms with Gasteiger partial charge in [-0.05, 0) is 42.8 Å². The van der Waals surface area contributed by atoms with Crippen molar-refractivity contribution in [3.8, 4) is 22.5 Å². The Balaban J connectivity index is 1.89. The molecule has 1 heterocycles. The Morgan fingerprint density at radius 3 is 2.41 bits per heavy atom. The van der Waals surface area contributed by atoms with Crippen LogP contribution in [-0.2, 0) is 4.74 Å². The Bertz CT molecular complexity index is 1100. The SMILES string of the molecule is CCOC(=O)c1ccc(-c2c(-c3ccccc3)oc3ccc(Br)cc23)cc1. The second-order valence-electron chi connectivity index (χ2n) is 6.11. The van der Waals surface area contributed by atoms with Gasteiger partial charge >= 0.3 is 5.97 Å². The van der Waals surface area contributed by atoms with E-state index < -0.39 is 0 Å². The fraction of sp³-hybridized carbons (Fsp3) is 0.0870. The van der Waals surface area contributed by atoms with Crippen molar-refractivity contribution in [2.24, 2.45) is 0 Å². The zero-order valence-corrected chi connectivity index (χ0v) is 16.3. The van der Waals surface area contributed by atoms with Crippen LogP contribution in [0.25, 0.3) is 33.4 Å². The highest BCUT2D eigenvalue weighted by atomic mass is 79.9. The molecule has 134 valence electrons. The monoisotopic (exact) mass is 420 g/mol. The molecule has 4 rings (SSSR count). The maximum atomic E-state index is 11.9. The fourth-order valence-electron chi connectivity index (χ4n) is 3.14. The number of rotatable bonds is 4. The summed E-state index contributed by atoms with van der Waals surface area (Å²) in [6, 6.07) is 23.5. The summed E-state index contributed by atoms with van der Waals surface area (Å²) in [5, 5.41) is 1.02. The van der Waals surface area contributed by atoms with Crippen LogP contribution in [-0.4, -0.2) is 12.6 Å². The second-order valence-corrected chi connectivity index (χ2v) is 7.03. The van der Waals surface area contributed by atoms with Crippen LogP contribution in [0, 0.1) is 0 Å². The quantitative estimate of drug-likeness (QED) is 0.344. The highest BCUT2D eigenvalue weighted by Gasteiger charge is 2.18. The molecule has 0 radical (unpaired) electrons. The summed E-state index contributed by atoms with van der Waals surface area (Å²) < 4.78 is 12.3. The molecule has 0 saturated heterocycles. The summed E-state index contributed by atoms with van der Waals surface area (Å²) in [5.74, 6) is 0.500. The Hall–Kier alpha value is -2.85. The normalized spacial score (nSPS) is 10.9. The van der Waals surface area contributed by atoms with Crippen molar-refractivity contribution in [2.75, 3.05) is 6.61 Å². The van der Waals surface area contributed by atoms with Crippen LogP contribution in [0.5, 0.6) is 0 Å². The molecule has 4 aromatic rings. The molecule has 0 bridgehead atoms. The van der Waals surface area contributed by atoms with Gasteiger partial charge in [-0.2, -0.15) is 0 Å². The zero-order valence-electron chi connectivity index (χ0n) is 14.7. The number of hydrogen-bond donors (Lipinski definition) is 0. The number of hydrogen-bond acceptors (Lipinski definition) is 3. The van der Waals surface area contributed by atoms with E-state index in [2.05, 4.69) is 22.0 Å². The van der Waals surface area contributed by atoms with E-state index in [9.17, 15) is 4.79 Å². The number of furan rings is 1. The number of fused-ring (bicyclic) bond motifs is 1. The van der Waals surface area contributed by atoms with Crippen LogP contribution >= 0.6 is 15.9 Å². The Kier molecular flexibility index (Phi) is 4.82. The fourth-order valence-corrected chi connectivity index (χ4v) is 3.50. The van der Waals surface area contributed by atoms with E-state index in [1.165, 1.54) is 0 Å². The van der Waals surface area contributed by atoms with Crippen molar-refractivity contribution in [1.82, 2.24) is 0 Å². The molecule has 0 atom stereocenters. The summed E-state index contributed by atoms with van der Waals surface area (Å²) in [4.78, 5) is 11.9. The first-order valence-electron chi connectivity index (χ1n) is 8.72. The molecule has 3 aromatic carbocycles. The van der Waals surface area contributed by atoms with Gasteiger partial charge in [-0.15, -0.1) is 0 Å². The minimum absolute atomic E-state index is 0.313. The third kappa shape index (κ3) is 3.40. The molecule has 3 nitrogen and oxygen atoms in total. The first kappa shape index (κ1) is 17.6. The van der Waals surface area contributed by atoms with Crippen LogP contribution in [0.3, 0.4) is 0 Å². The lowest BCUT2D eigenvalue weighted by molar-refractivity contribution is 0.0526. The van der Waals surface area contributed by atoms with E-state index in [-0.39, 0.29) is 5.97 Å². The zero-order chi connectivity index (χ0) is 18.8. The summed E-state index contributed by atoms with van der Waals surface area (Å²) in [6.07, 6.45) is 0. The van der Waals surface area contributed by atoms with E-state index in [0.717, 1.165) is 37.9 Å². The molecule has 0 N–H and O–H groups in total. The molecule has 0 aliphatic rings. The molecule has 27 heavy (non-hydrogen) atoms. The number of benzene rings is 3. The van der Waals surface area contributed by atoms with Gasteiger partial charge in [0.1, 0.15) is 11.3 Å². The highest BCUT2D eigenvalue weighted by Crippen LogP contribution is 2.41. The van der Waals surface area contributed by atoms with Crippen LogP contribution in [0.1, 0.15) is 17.3 Å². The van der Waals surface area contributed by atoms with Crippen LogP contribution in [0.2, 0.25) is 0 Å². The molecule has 0 unspecified atom stereocenters. The van der Waals surface area contributed by atoms with E-state index in [1.807, 2.05) is 54.6 Å². The minimum Gasteiger partial charge on any atom is -0.462 e. The predicted molar refractivity (Wildman–Crippen MR) is 111 cm³/mol. The van der Waals surface area contributed by atoms with Crippen LogP contribution < -0.4 is 0 Å². The molecule has 0 saturated carbocycles. The third-order valence-corrected chi connectivity index (χ3v) is 4.86. The summed E-state index contributed by atoms with van der Waals surface area (Å²) in [5.41, 5.74) is 4.36. The van der Waals surface area contributed by atoms with Crippen molar-refractivity contribution in [1.29, 1.82) is 0 Å². The third-order valence-electron chi connectivity index (χ3n) is 4.37. The van der Waals surface area contributed by atoms with Gasteiger partial charge in [-0.25, -0.2) is 4.79 Å². The van der Waals surface area contributed by atoms with E-state index >= 15 is 0 Å². The second kappa shape index (κ2) is 7.41. The smallest absolute Gasteiger partial charge is 0.338 e. The van der Waals surface area contributed by atoms with Crippen molar-refractivity contribution >= 4 is 32.9 Å². The molecule has 0 spiro atoms. The van der Waals surface area contributed by atoms with Crippen molar-refractivity contribution in [2.45, 2.75) is 6.92 Å². The minimum atomic E-state index is -0.313. The lowest BCUT2D eigenvalue weighted by atomic mass is 9.98. The number of esters is 1. The van der Waals surface area contributed by atoms with Crippen LogP contribution in [0.15, 0.2) is 81.7 Å². The van der Waals surface area contributed by atoms with Gasteiger partial charge in [0.2, 0.25) is 0 Å². The molecule has 0 aliphatic heterocycles. The largest absolute Gasteiger partial charge is 0.462 e. The standard InChI is InChI=1S/C23H17BrO3/c1-2-26-23(25)17-10-8-15(9-11-17)21-19-14-18(24)12-13-20(19)27-22(21)16-6-4-3-5-7-16/h3-14H,2H2,1H3. The average molecular weight is 421 g/mol. The average Bonchev–Trinajstić information content (AvgIpc) is 3.07. The topological polar surface area (TPSA) is 39.4 Å². The highest BCUT2D eigenvalue weighted by molar-refractivity contribution is 9.10. The molecule has 0 aliphatic carbocycles. The maximum absolute atomic E-state index is 11.9. The van der Waals surface area contributed by atoms with E-state index in [4.69, 9.17) is 9.15 Å². The first-order valence-corrected chi connectivity index (χ1v) is 9.51. The van der Waals surface area contributed by atoms with Gasteiger partial charge in [0.15, 0.2) is 0 Å². The van der Waals surface area contributed by atoms with Crippen molar-refractivity contribution in [3.05, 3.63) is 82.8 Å². The molecule has 0 amide bonds. The molecule has 4 heteroatoms. The van der Waals surface area contributed by atoms with Crippen molar-refractivity contribution < 1.29 is 13.9 Å². The van der Waals surface area contributed by atoms with Gasteiger partial charge in [-0.3, -0.25) is 0 Å².